The first kappa shape index (κ1) is 11.2. The normalized spacial score (nSPS) is 30.0. The van der Waals surface area contributed by atoms with Crippen LogP contribution in [0.2, 0.25) is 0 Å². The van der Waals surface area contributed by atoms with Crippen molar-refractivity contribution in [1.29, 1.82) is 0 Å². The standard InChI is InChI=1S/C12H20N4O/c1-8-5-10(7-16(8)11-3-4-11)13-6-12-14-9(2)17-15-12/h8,10-11,13H,3-7H2,1-2H3. The van der Waals surface area contributed by atoms with E-state index in [0.29, 0.717) is 24.5 Å². The van der Waals surface area contributed by atoms with Crippen LogP contribution in [-0.2, 0) is 6.54 Å². The fraction of sp³-hybridized carbons (Fsp3) is 0.833. The van der Waals surface area contributed by atoms with Crippen LogP contribution in [0.1, 0.15) is 37.9 Å². The van der Waals surface area contributed by atoms with Crippen LogP contribution >= 0.6 is 0 Å². The maximum atomic E-state index is 4.96. The number of rotatable bonds is 4. The Balaban J connectivity index is 1.49. The largest absolute Gasteiger partial charge is 0.340 e. The van der Waals surface area contributed by atoms with Gasteiger partial charge < -0.3 is 9.84 Å². The van der Waals surface area contributed by atoms with E-state index in [-0.39, 0.29) is 0 Å². The highest BCUT2D eigenvalue weighted by molar-refractivity contribution is 4.96. The van der Waals surface area contributed by atoms with Gasteiger partial charge in [0.1, 0.15) is 0 Å². The predicted molar refractivity (Wildman–Crippen MR) is 63.5 cm³/mol. The molecule has 94 valence electrons. The van der Waals surface area contributed by atoms with Gasteiger partial charge in [-0.3, -0.25) is 4.90 Å². The Morgan fingerprint density at radius 1 is 1.47 bits per heavy atom. The Labute approximate surface area is 102 Å². The van der Waals surface area contributed by atoms with Crippen molar-refractivity contribution in [3.05, 3.63) is 11.7 Å². The molecule has 1 aliphatic heterocycles. The minimum absolute atomic E-state index is 0.574. The molecule has 5 heteroatoms. The van der Waals surface area contributed by atoms with Crippen molar-refractivity contribution in [2.75, 3.05) is 6.54 Å². The monoisotopic (exact) mass is 236 g/mol. The minimum atomic E-state index is 0.574. The van der Waals surface area contributed by atoms with Gasteiger partial charge in [0.2, 0.25) is 5.89 Å². The smallest absolute Gasteiger partial charge is 0.223 e. The lowest BCUT2D eigenvalue weighted by Gasteiger charge is -2.19. The number of hydrogen-bond donors (Lipinski definition) is 1. The Hall–Kier alpha value is -0.940. The second-order valence-electron chi connectivity index (χ2n) is 5.32. The van der Waals surface area contributed by atoms with Gasteiger partial charge in [-0.2, -0.15) is 4.98 Å². The van der Waals surface area contributed by atoms with Crippen LogP contribution in [0.5, 0.6) is 0 Å². The van der Waals surface area contributed by atoms with Crippen molar-refractivity contribution in [2.45, 2.75) is 57.8 Å². The van der Waals surface area contributed by atoms with E-state index in [1.807, 2.05) is 6.92 Å². The van der Waals surface area contributed by atoms with Gasteiger partial charge in [-0.1, -0.05) is 5.16 Å². The molecule has 1 saturated carbocycles. The van der Waals surface area contributed by atoms with Crippen molar-refractivity contribution in [1.82, 2.24) is 20.4 Å². The zero-order valence-electron chi connectivity index (χ0n) is 10.5. The number of aryl methyl sites for hydroxylation is 1. The average molecular weight is 236 g/mol. The second kappa shape index (κ2) is 4.38. The molecule has 0 radical (unpaired) electrons. The van der Waals surface area contributed by atoms with Crippen LogP contribution in [0, 0.1) is 6.92 Å². The molecule has 1 aliphatic carbocycles. The first-order chi connectivity index (χ1) is 8.22. The number of nitrogens with one attached hydrogen (secondary N) is 1. The molecule has 1 aromatic rings. The van der Waals surface area contributed by atoms with E-state index < -0.39 is 0 Å². The summed E-state index contributed by atoms with van der Waals surface area (Å²) in [6, 6.07) is 2.15. The highest BCUT2D eigenvalue weighted by atomic mass is 16.5. The molecule has 2 unspecified atom stereocenters. The number of likely N-dealkylation sites (tertiary alicyclic amines) is 1. The summed E-state index contributed by atoms with van der Waals surface area (Å²) in [7, 11) is 0. The predicted octanol–water partition coefficient (Wildman–Crippen LogP) is 1.09. The highest BCUT2D eigenvalue weighted by Gasteiger charge is 2.38. The fourth-order valence-electron chi connectivity index (χ4n) is 2.77. The summed E-state index contributed by atoms with van der Waals surface area (Å²) in [5.41, 5.74) is 0. The summed E-state index contributed by atoms with van der Waals surface area (Å²) in [6.45, 7) is 6.04. The third-order valence-electron chi connectivity index (χ3n) is 3.76. The summed E-state index contributed by atoms with van der Waals surface area (Å²) in [6.07, 6.45) is 4.01. The van der Waals surface area contributed by atoms with Crippen LogP contribution < -0.4 is 5.32 Å². The number of hydrogen-bond acceptors (Lipinski definition) is 5. The first-order valence-corrected chi connectivity index (χ1v) is 6.50. The molecule has 3 rings (SSSR count). The van der Waals surface area contributed by atoms with Crippen LogP contribution in [0.3, 0.4) is 0 Å². The molecule has 0 aromatic carbocycles. The van der Waals surface area contributed by atoms with E-state index in [2.05, 4.69) is 27.3 Å². The third-order valence-corrected chi connectivity index (χ3v) is 3.76. The van der Waals surface area contributed by atoms with Crippen molar-refractivity contribution in [3.63, 3.8) is 0 Å². The molecular weight excluding hydrogens is 216 g/mol. The molecule has 1 N–H and O–H groups in total. The maximum Gasteiger partial charge on any atom is 0.223 e. The summed E-state index contributed by atoms with van der Waals surface area (Å²) >= 11 is 0. The lowest BCUT2D eigenvalue weighted by atomic mass is 10.2. The Morgan fingerprint density at radius 2 is 2.29 bits per heavy atom. The molecule has 0 amide bonds. The Kier molecular flexibility index (Phi) is 2.88. The van der Waals surface area contributed by atoms with E-state index in [4.69, 9.17) is 4.52 Å². The second-order valence-corrected chi connectivity index (χ2v) is 5.32. The molecule has 2 heterocycles. The number of aromatic nitrogens is 2. The van der Waals surface area contributed by atoms with Gasteiger partial charge in [0.15, 0.2) is 5.82 Å². The van der Waals surface area contributed by atoms with Gasteiger partial charge in [0.25, 0.3) is 0 Å². The van der Waals surface area contributed by atoms with Gasteiger partial charge in [0, 0.05) is 31.6 Å². The molecule has 2 fully saturated rings. The average Bonchev–Trinajstić information content (AvgIpc) is 2.95. The van der Waals surface area contributed by atoms with Gasteiger partial charge in [0.05, 0.1) is 6.54 Å². The maximum absolute atomic E-state index is 4.96. The number of nitrogens with zero attached hydrogens (tertiary/aromatic N) is 3. The molecule has 2 atom stereocenters. The van der Waals surface area contributed by atoms with E-state index in [0.717, 1.165) is 11.9 Å². The highest BCUT2D eigenvalue weighted by Crippen LogP contribution is 2.33. The molecule has 0 spiro atoms. The van der Waals surface area contributed by atoms with Gasteiger partial charge in [-0.15, -0.1) is 0 Å². The topological polar surface area (TPSA) is 54.2 Å². The van der Waals surface area contributed by atoms with Crippen LogP contribution in [-0.4, -0.2) is 39.7 Å². The Morgan fingerprint density at radius 3 is 2.94 bits per heavy atom. The van der Waals surface area contributed by atoms with E-state index in [1.54, 1.807) is 0 Å². The van der Waals surface area contributed by atoms with E-state index in [1.165, 1.54) is 25.8 Å². The molecule has 0 bridgehead atoms. The van der Waals surface area contributed by atoms with Gasteiger partial charge in [-0.25, -0.2) is 0 Å². The van der Waals surface area contributed by atoms with Gasteiger partial charge >= 0.3 is 0 Å². The van der Waals surface area contributed by atoms with Crippen molar-refractivity contribution >= 4 is 0 Å². The molecule has 17 heavy (non-hydrogen) atoms. The summed E-state index contributed by atoms with van der Waals surface area (Å²) in [5.74, 6) is 1.40. The van der Waals surface area contributed by atoms with E-state index in [9.17, 15) is 0 Å². The van der Waals surface area contributed by atoms with Gasteiger partial charge in [-0.05, 0) is 26.2 Å². The van der Waals surface area contributed by atoms with Crippen molar-refractivity contribution in [3.8, 4) is 0 Å². The summed E-state index contributed by atoms with van der Waals surface area (Å²) < 4.78 is 4.96. The zero-order valence-corrected chi connectivity index (χ0v) is 10.5. The van der Waals surface area contributed by atoms with Crippen LogP contribution in [0.15, 0.2) is 4.52 Å². The molecule has 2 aliphatic rings. The van der Waals surface area contributed by atoms with Crippen molar-refractivity contribution < 1.29 is 4.52 Å². The molecule has 1 aromatic heterocycles. The summed E-state index contributed by atoms with van der Waals surface area (Å²) in [4.78, 5) is 6.84. The Bertz CT molecular complexity index is 388. The lowest BCUT2D eigenvalue weighted by molar-refractivity contribution is 0.255. The quantitative estimate of drug-likeness (QED) is 0.848. The SMILES string of the molecule is Cc1nc(CNC2CC(C)N(C3CC3)C2)no1. The minimum Gasteiger partial charge on any atom is -0.340 e. The van der Waals surface area contributed by atoms with Crippen LogP contribution in [0.25, 0.3) is 0 Å². The van der Waals surface area contributed by atoms with Crippen LogP contribution in [0.4, 0.5) is 0 Å². The molecule has 1 saturated heterocycles. The van der Waals surface area contributed by atoms with E-state index >= 15 is 0 Å². The first-order valence-electron chi connectivity index (χ1n) is 6.50. The third kappa shape index (κ3) is 2.50. The lowest BCUT2D eigenvalue weighted by Crippen LogP contribution is -2.34. The van der Waals surface area contributed by atoms with Crippen molar-refractivity contribution in [2.24, 2.45) is 0 Å². The summed E-state index contributed by atoms with van der Waals surface area (Å²) in [5, 5.41) is 7.43. The molecule has 5 nitrogen and oxygen atoms in total. The fourth-order valence-corrected chi connectivity index (χ4v) is 2.77. The molecular formula is C12H20N4O. The zero-order chi connectivity index (χ0) is 11.8.